The van der Waals surface area contributed by atoms with E-state index in [0.29, 0.717) is 10.5 Å². The molecule has 2 atom stereocenters. The highest BCUT2D eigenvalue weighted by atomic mass is 32.2. The fourth-order valence-electron chi connectivity index (χ4n) is 5.01. The van der Waals surface area contributed by atoms with Crippen LogP contribution in [0.2, 0.25) is 0 Å². The number of hydrogen-bond acceptors (Lipinski definition) is 6. The quantitative estimate of drug-likeness (QED) is 0.628. The third-order valence-electron chi connectivity index (χ3n) is 6.89. The highest BCUT2D eigenvalue weighted by Crippen LogP contribution is 2.23. The van der Waals surface area contributed by atoms with E-state index >= 15 is 0 Å². The molecule has 4 rings (SSSR count). The minimum absolute atomic E-state index is 0.0299. The van der Waals surface area contributed by atoms with Crippen molar-refractivity contribution < 1.29 is 17.9 Å². The molecular formula is C27H37N3O4S. The topological polar surface area (TPSA) is 79.0 Å². The average molecular weight is 500 g/mol. The molecule has 35 heavy (non-hydrogen) atoms. The number of sulfone groups is 1. The van der Waals surface area contributed by atoms with E-state index in [1.165, 1.54) is 5.56 Å². The van der Waals surface area contributed by atoms with Crippen molar-refractivity contribution in [2.45, 2.75) is 63.3 Å². The molecule has 1 amide bonds. The molecule has 2 aromatic rings. The summed E-state index contributed by atoms with van der Waals surface area (Å²) in [5.41, 5.74) is 2.91. The average Bonchev–Trinajstić information content (AvgIpc) is 2.84. The Morgan fingerprint density at radius 1 is 0.971 bits per heavy atom. The maximum Gasteiger partial charge on any atom is 0.251 e. The standard InChI is InChI=1S/C27H37N3O4S/c1-4-35(32,33)26-11-9-25(10-12-26)30-15-13-24(14-16-30)28-27(31)23-7-5-22(6-8-23)19-29-17-20(2)34-21(3)18-29/h5-12,20-21,24H,4,13-19H2,1-3H3,(H,28,31). The molecule has 2 unspecified atom stereocenters. The summed E-state index contributed by atoms with van der Waals surface area (Å²) < 4.78 is 29.9. The van der Waals surface area contributed by atoms with E-state index in [0.717, 1.165) is 51.3 Å². The van der Waals surface area contributed by atoms with Gasteiger partial charge in [-0.05, 0) is 68.7 Å². The molecule has 0 aliphatic carbocycles. The zero-order valence-electron chi connectivity index (χ0n) is 20.9. The van der Waals surface area contributed by atoms with Gasteiger partial charge in [-0.15, -0.1) is 0 Å². The molecule has 1 N–H and O–H groups in total. The second-order valence-corrected chi connectivity index (χ2v) is 12.1. The molecule has 0 radical (unpaired) electrons. The number of benzene rings is 2. The number of hydrogen-bond donors (Lipinski definition) is 1. The van der Waals surface area contributed by atoms with Crippen LogP contribution in [-0.2, 0) is 21.1 Å². The van der Waals surface area contributed by atoms with Gasteiger partial charge in [0.2, 0.25) is 0 Å². The van der Waals surface area contributed by atoms with Crippen molar-refractivity contribution in [2.75, 3.05) is 36.8 Å². The fourth-order valence-corrected chi connectivity index (χ4v) is 5.90. The third-order valence-corrected chi connectivity index (χ3v) is 8.64. The molecule has 2 aliphatic heterocycles. The predicted molar refractivity (Wildman–Crippen MR) is 139 cm³/mol. The fraction of sp³-hybridized carbons (Fsp3) is 0.519. The van der Waals surface area contributed by atoms with Crippen LogP contribution in [0.4, 0.5) is 5.69 Å². The Kier molecular flexibility index (Phi) is 8.14. The Balaban J connectivity index is 1.26. The van der Waals surface area contributed by atoms with Gasteiger partial charge in [0, 0.05) is 50.0 Å². The molecule has 2 heterocycles. The monoisotopic (exact) mass is 499 g/mol. The van der Waals surface area contributed by atoms with Crippen molar-refractivity contribution in [3.05, 3.63) is 59.7 Å². The van der Waals surface area contributed by atoms with Gasteiger partial charge in [0.25, 0.3) is 5.91 Å². The van der Waals surface area contributed by atoms with E-state index in [1.54, 1.807) is 19.1 Å². The summed E-state index contributed by atoms with van der Waals surface area (Å²) in [5, 5.41) is 3.18. The second-order valence-electron chi connectivity index (χ2n) is 9.78. The minimum atomic E-state index is -3.18. The first-order chi connectivity index (χ1) is 16.7. The van der Waals surface area contributed by atoms with Gasteiger partial charge in [0.15, 0.2) is 9.84 Å². The summed E-state index contributed by atoms with van der Waals surface area (Å²) in [5.74, 6) is 0.0739. The Morgan fingerprint density at radius 3 is 2.14 bits per heavy atom. The summed E-state index contributed by atoms with van der Waals surface area (Å²) in [6.45, 7) is 10.2. The van der Waals surface area contributed by atoms with Crippen LogP contribution in [0.25, 0.3) is 0 Å². The van der Waals surface area contributed by atoms with Crippen LogP contribution in [0.3, 0.4) is 0 Å². The SMILES string of the molecule is CCS(=O)(=O)c1ccc(N2CCC(NC(=O)c3ccc(CN4CC(C)OC(C)C4)cc3)CC2)cc1. The molecule has 8 heteroatoms. The van der Waals surface area contributed by atoms with Gasteiger partial charge in [-0.1, -0.05) is 19.1 Å². The lowest BCUT2D eigenvalue weighted by Crippen LogP contribution is -2.45. The van der Waals surface area contributed by atoms with Crippen molar-refractivity contribution >= 4 is 21.4 Å². The molecule has 2 saturated heterocycles. The van der Waals surface area contributed by atoms with Gasteiger partial charge < -0.3 is 15.0 Å². The van der Waals surface area contributed by atoms with Crippen molar-refractivity contribution in [1.29, 1.82) is 0 Å². The van der Waals surface area contributed by atoms with Crippen LogP contribution >= 0.6 is 0 Å². The van der Waals surface area contributed by atoms with Crippen molar-refractivity contribution in [3.8, 4) is 0 Å². The Morgan fingerprint density at radius 2 is 1.57 bits per heavy atom. The molecule has 190 valence electrons. The van der Waals surface area contributed by atoms with E-state index in [2.05, 4.69) is 29.0 Å². The Hall–Kier alpha value is -2.42. The summed E-state index contributed by atoms with van der Waals surface area (Å²) in [6, 6.07) is 15.2. The van der Waals surface area contributed by atoms with Gasteiger partial charge in [0.05, 0.1) is 22.9 Å². The highest BCUT2D eigenvalue weighted by molar-refractivity contribution is 7.91. The van der Waals surface area contributed by atoms with Crippen LogP contribution in [0.5, 0.6) is 0 Å². The Labute approximate surface area is 209 Å². The summed E-state index contributed by atoms with van der Waals surface area (Å²) in [7, 11) is -3.18. The number of carbonyl (C=O) groups is 1. The number of carbonyl (C=O) groups excluding carboxylic acids is 1. The number of nitrogens with one attached hydrogen (secondary N) is 1. The number of ether oxygens (including phenoxy) is 1. The molecule has 0 bridgehead atoms. The highest BCUT2D eigenvalue weighted by Gasteiger charge is 2.23. The van der Waals surface area contributed by atoms with Gasteiger partial charge in [0.1, 0.15) is 0 Å². The molecule has 0 aromatic heterocycles. The lowest BCUT2D eigenvalue weighted by atomic mass is 10.0. The van der Waals surface area contributed by atoms with Gasteiger partial charge >= 0.3 is 0 Å². The van der Waals surface area contributed by atoms with Crippen LogP contribution in [0.15, 0.2) is 53.4 Å². The van der Waals surface area contributed by atoms with Crippen LogP contribution in [0, 0.1) is 0 Å². The zero-order valence-corrected chi connectivity index (χ0v) is 21.8. The van der Waals surface area contributed by atoms with E-state index in [-0.39, 0.29) is 29.9 Å². The molecule has 2 aliphatic rings. The van der Waals surface area contributed by atoms with E-state index in [1.807, 2.05) is 36.4 Å². The first-order valence-electron chi connectivity index (χ1n) is 12.6. The number of piperidine rings is 1. The molecular weight excluding hydrogens is 462 g/mol. The van der Waals surface area contributed by atoms with Gasteiger partial charge in [-0.25, -0.2) is 8.42 Å². The Bertz CT molecular complexity index is 1080. The molecule has 7 nitrogen and oxygen atoms in total. The van der Waals surface area contributed by atoms with Crippen LogP contribution < -0.4 is 10.2 Å². The first-order valence-corrected chi connectivity index (χ1v) is 14.2. The first kappa shape index (κ1) is 25.7. The number of rotatable bonds is 7. The molecule has 0 spiro atoms. The molecule has 2 aromatic carbocycles. The van der Waals surface area contributed by atoms with Crippen molar-refractivity contribution in [2.24, 2.45) is 0 Å². The van der Waals surface area contributed by atoms with Crippen molar-refractivity contribution in [1.82, 2.24) is 10.2 Å². The summed E-state index contributed by atoms with van der Waals surface area (Å²) >= 11 is 0. The smallest absolute Gasteiger partial charge is 0.251 e. The van der Waals surface area contributed by atoms with Crippen molar-refractivity contribution in [3.63, 3.8) is 0 Å². The van der Waals surface area contributed by atoms with Crippen LogP contribution in [0.1, 0.15) is 49.5 Å². The van der Waals surface area contributed by atoms with E-state index in [4.69, 9.17) is 4.74 Å². The maximum absolute atomic E-state index is 12.8. The number of nitrogens with zero attached hydrogens (tertiary/aromatic N) is 2. The largest absolute Gasteiger partial charge is 0.373 e. The summed E-state index contributed by atoms with van der Waals surface area (Å²) in [6.07, 6.45) is 2.19. The normalized spacial score (nSPS) is 22.2. The number of anilines is 1. The lowest BCUT2D eigenvalue weighted by Gasteiger charge is -2.35. The summed E-state index contributed by atoms with van der Waals surface area (Å²) in [4.78, 5) is 17.8. The second kappa shape index (κ2) is 11.1. The van der Waals surface area contributed by atoms with Crippen LogP contribution in [-0.4, -0.2) is 69.4 Å². The van der Waals surface area contributed by atoms with Gasteiger partial charge in [-0.3, -0.25) is 9.69 Å². The number of amides is 1. The minimum Gasteiger partial charge on any atom is -0.373 e. The number of morpholine rings is 1. The molecule has 0 saturated carbocycles. The lowest BCUT2D eigenvalue weighted by molar-refractivity contribution is -0.0704. The van der Waals surface area contributed by atoms with E-state index in [9.17, 15) is 13.2 Å². The molecule has 2 fully saturated rings. The zero-order chi connectivity index (χ0) is 25.0. The van der Waals surface area contributed by atoms with Gasteiger partial charge in [-0.2, -0.15) is 0 Å². The maximum atomic E-state index is 12.8. The van der Waals surface area contributed by atoms with E-state index < -0.39 is 9.84 Å². The third kappa shape index (κ3) is 6.63. The predicted octanol–water partition coefficient (Wildman–Crippen LogP) is 3.49.